The van der Waals surface area contributed by atoms with Gasteiger partial charge in [-0.25, -0.2) is 13.4 Å². The minimum Gasteiger partial charge on any atom is -0.447 e. The van der Waals surface area contributed by atoms with Crippen molar-refractivity contribution in [1.29, 1.82) is 0 Å². The van der Waals surface area contributed by atoms with Gasteiger partial charge in [-0.05, 0) is 6.42 Å². The first-order chi connectivity index (χ1) is 9.85. The first kappa shape index (κ1) is 15.6. The maximum Gasteiger partial charge on any atom is 0.277 e. The van der Waals surface area contributed by atoms with E-state index in [0.717, 1.165) is 0 Å². The molecular formula is C14H18N2O4S. The van der Waals surface area contributed by atoms with Crippen molar-refractivity contribution < 1.29 is 17.6 Å². The van der Waals surface area contributed by atoms with E-state index in [1.165, 1.54) is 11.3 Å². The molecule has 1 amide bonds. The molecule has 1 atom stereocenters. The molecule has 0 spiro atoms. The first-order valence-corrected chi connectivity index (χ1v) is 8.56. The third kappa shape index (κ3) is 3.27. The highest BCUT2D eigenvalue weighted by Gasteiger charge is 2.36. The van der Waals surface area contributed by atoms with Gasteiger partial charge in [0.25, 0.3) is 5.91 Å². The molecule has 2 rings (SSSR count). The lowest BCUT2D eigenvalue weighted by Gasteiger charge is -2.25. The minimum absolute atomic E-state index is 0.00597. The van der Waals surface area contributed by atoms with E-state index >= 15 is 0 Å². The predicted molar refractivity (Wildman–Crippen MR) is 77.5 cm³/mol. The molecule has 1 aromatic heterocycles. The van der Waals surface area contributed by atoms with Gasteiger partial charge in [-0.1, -0.05) is 19.8 Å². The molecule has 1 aliphatic heterocycles. The van der Waals surface area contributed by atoms with Gasteiger partial charge in [-0.2, -0.15) is 0 Å². The largest absolute Gasteiger partial charge is 0.447 e. The van der Waals surface area contributed by atoms with Crippen LogP contribution in [0.5, 0.6) is 0 Å². The summed E-state index contributed by atoms with van der Waals surface area (Å²) in [6.45, 7) is 3.84. The normalized spacial score (nSPS) is 20.4. The Morgan fingerprint density at radius 2 is 2.33 bits per heavy atom. The quantitative estimate of drug-likeness (QED) is 0.777. The fraction of sp³-hybridized carbons (Fsp3) is 0.571. The van der Waals surface area contributed by atoms with Gasteiger partial charge in [0.1, 0.15) is 5.76 Å². The van der Waals surface area contributed by atoms with Crippen LogP contribution in [-0.2, 0) is 9.84 Å². The van der Waals surface area contributed by atoms with E-state index in [-0.39, 0.29) is 35.6 Å². The Kier molecular flexibility index (Phi) is 4.37. The van der Waals surface area contributed by atoms with Crippen molar-refractivity contribution >= 4 is 15.7 Å². The summed E-state index contributed by atoms with van der Waals surface area (Å²) in [5, 5.41) is 0. The second kappa shape index (κ2) is 5.90. The van der Waals surface area contributed by atoms with Crippen molar-refractivity contribution in [3.63, 3.8) is 0 Å². The van der Waals surface area contributed by atoms with Gasteiger partial charge in [0, 0.05) is 12.0 Å². The number of terminal acetylenes is 1. The van der Waals surface area contributed by atoms with Gasteiger partial charge in [0.15, 0.2) is 21.9 Å². The molecule has 1 fully saturated rings. The standard InChI is InChI=1S/C14H18N2O4S/c1-4-6-16(11-5-7-21(18,19)8-11)14(17)12-13(10(2)3)20-9-15-12/h1,9-11H,5-8H2,2-3H3. The molecule has 7 heteroatoms. The van der Waals surface area contributed by atoms with Crippen molar-refractivity contribution in [2.45, 2.75) is 32.2 Å². The van der Waals surface area contributed by atoms with Crippen molar-refractivity contribution in [3.8, 4) is 12.3 Å². The van der Waals surface area contributed by atoms with E-state index in [1.54, 1.807) is 0 Å². The molecule has 0 aromatic carbocycles. The molecule has 1 saturated heterocycles. The third-order valence-electron chi connectivity index (χ3n) is 3.49. The summed E-state index contributed by atoms with van der Waals surface area (Å²) in [6.07, 6.45) is 6.95. The fourth-order valence-electron chi connectivity index (χ4n) is 2.45. The van der Waals surface area contributed by atoms with E-state index in [9.17, 15) is 13.2 Å². The molecule has 1 aromatic rings. The highest BCUT2D eigenvalue weighted by atomic mass is 32.2. The van der Waals surface area contributed by atoms with Gasteiger partial charge in [-0.15, -0.1) is 6.42 Å². The predicted octanol–water partition coefficient (Wildman–Crippen LogP) is 1.06. The molecular weight excluding hydrogens is 292 g/mol. The second-order valence-electron chi connectivity index (χ2n) is 5.41. The van der Waals surface area contributed by atoms with Gasteiger partial charge in [0.2, 0.25) is 0 Å². The number of rotatable bonds is 4. The van der Waals surface area contributed by atoms with Crippen LogP contribution in [0.15, 0.2) is 10.8 Å². The van der Waals surface area contributed by atoms with E-state index in [1.807, 2.05) is 13.8 Å². The number of carbonyl (C=O) groups is 1. The summed E-state index contributed by atoms with van der Waals surface area (Å²) in [6, 6.07) is -0.393. The molecule has 0 aliphatic carbocycles. The number of amides is 1. The molecule has 2 heterocycles. The Labute approximate surface area is 124 Å². The zero-order valence-electron chi connectivity index (χ0n) is 12.1. The lowest BCUT2D eigenvalue weighted by Crippen LogP contribution is -2.42. The molecule has 114 valence electrons. The monoisotopic (exact) mass is 310 g/mol. The number of sulfone groups is 1. The van der Waals surface area contributed by atoms with Crippen LogP contribution in [0.3, 0.4) is 0 Å². The Morgan fingerprint density at radius 1 is 1.62 bits per heavy atom. The molecule has 6 nitrogen and oxygen atoms in total. The van der Waals surface area contributed by atoms with Gasteiger partial charge in [-0.3, -0.25) is 4.79 Å². The van der Waals surface area contributed by atoms with Crippen LogP contribution in [0.2, 0.25) is 0 Å². The van der Waals surface area contributed by atoms with Crippen molar-refractivity contribution in [2.75, 3.05) is 18.1 Å². The summed E-state index contributed by atoms with van der Waals surface area (Å²) in [5.41, 5.74) is 0.213. The van der Waals surface area contributed by atoms with Crippen LogP contribution < -0.4 is 0 Å². The van der Waals surface area contributed by atoms with Gasteiger partial charge < -0.3 is 9.32 Å². The van der Waals surface area contributed by atoms with Crippen LogP contribution >= 0.6 is 0 Å². The van der Waals surface area contributed by atoms with Gasteiger partial charge >= 0.3 is 0 Å². The highest BCUT2D eigenvalue weighted by molar-refractivity contribution is 7.91. The van der Waals surface area contributed by atoms with Crippen molar-refractivity contribution in [2.24, 2.45) is 0 Å². The van der Waals surface area contributed by atoms with E-state index in [0.29, 0.717) is 12.2 Å². The summed E-state index contributed by atoms with van der Waals surface area (Å²) in [4.78, 5) is 18.0. The Hall–Kier alpha value is -1.81. The summed E-state index contributed by atoms with van der Waals surface area (Å²) in [7, 11) is -3.09. The number of carbonyl (C=O) groups excluding carboxylic acids is 1. The number of oxazole rings is 1. The molecule has 0 bridgehead atoms. The maximum atomic E-state index is 12.6. The third-order valence-corrected chi connectivity index (χ3v) is 5.24. The fourth-order valence-corrected chi connectivity index (χ4v) is 4.18. The van der Waals surface area contributed by atoms with Crippen molar-refractivity contribution in [1.82, 2.24) is 9.88 Å². The average molecular weight is 310 g/mol. The topological polar surface area (TPSA) is 80.5 Å². The van der Waals surface area contributed by atoms with E-state index < -0.39 is 15.9 Å². The van der Waals surface area contributed by atoms with E-state index in [4.69, 9.17) is 10.8 Å². The summed E-state index contributed by atoms with van der Waals surface area (Å²) >= 11 is 0. The molecule has 1 unspecified atom stereocenters. The number of aromatic nitrogens is 1. The number of nitrogens with zero attached hydrogens (tertiary/aromatic N) is 2. The Bertz CT molecular complexity index is 669. The zero-order valence-corrected chi connectivity index (χ0v) is 12.9. The smallest absolute Gasteiger partial charge is 0.277 e. The molecule has 0 radical (unpaired) electrons. The second-order valence-corrected chi connectivity index (χ2v) is 7.64. The summed E-state index contributed by atoms with van der Waals surface area (Å²) < 4.78 is 28.5. The Balaban J connectivity index is 2.28. The summed E-state index contributed by atoms with van der Waals surface area (Å²) in [5.74, 6) is 2.58. The zero-order chi connectivity index (χ0) is 15.6. The number of hydrogen-bond donors (Lipinski definition) is 0. The molecule has 21 heavy (non-hydrogen) atoms. The first-order valence-electron chi connectivity index (χ1n) is 6.74. The lowest BCUT2D eigenvalue weighted by atomic mass is 10.1. The van der Waals surface area contributed by atoms with E-state index in [2.05, 4.69) is 10.9 Å². The van der Waals surface area contributed by atoms with Crippen LogP contribution in [0.1, 0.15) is 42.4 Å². The average Bonchev–Trinajstić information content (AvgIpc) is 3.01. The van der Waals surface area contributed by atoms with Crippen LogP contribution in [-0.4, -0.2) is 48.3 Å². The van der Waals surface area contributed by atoms with Gasteiger partial charge in [0.05, 0.1) is 18.1 Å². The maximum absolute atomic E-state index is 12.6. The Morgan fingerprint density at radius 3 is 2.86 bits per heavy atom. The lowest BCUT2D eigenvalue weighted by molar-refractivity contribution is 0.0716. The van der Waals surface area contributed by atoms with Crippen LogP contribution in [0.4, 0.5) is 0 Å². The SMILES string of the molecule is C#CCN(C(=O)c1ncoc1C(C)C)C1CCS(=O)(=O)C1. The van der Waals surface area contributed by atoms with Crippen LogP contribution in [0.25, 0.3) is 0 Å². The highest BCUT2D eigenvalue weighted by Crippen LogP contribution is 2.23. The molecule has 0 N–H and O–H groups in total. The van der Waals surface area contributed by atoms with Crippen LogP contribution in [0, 0.1) is 12.3 Å². The van der Waals surface area contributed by atoms with Crippen molar-refractivity contribution in [3.05, 3.63) is 17.8 Å². The minimum atomic E-state index is -3.09. The molecule has 0 saturated carbocycles. The molecule has 1 aliphatic rings. The number of hydrogen-bond acceptors (Lipinski definition) is 5.